The number of carboxylic acid groups (broad SMARTS) is 1. The van der Waals surface area contributed by atoms with Crippen LogP contribution < -0.4 is 5.32 Å². The highest BCUT2D eigenvalue weighted by Crippen LogP contribution is 2.51. The normalized spacial score (nSPS) is 32.4. The average molecular weight is 189 g/mol. The fourth-order valence-electron chi connectivity index (χ4n) is 2.61. The fourth-order valence-corrected chi connectivity index (χ4v) is 2.61. The van der Waals surface area contributed by atoms with Gasteiger partial charge in [0.1, 0.15) is 0 Å². The van der Waals surface area contributed by atoms with Gasteiger partial charge in [-0.15, -0.1) is 0 Å². The smallest absolute Gasteiger partial charge is 0.307 e. The Bertz CT molecular complexity index is 402. The Morgan fingerprint density at radius 1 is 1.43 bits per heavy atom. The number of para-hydroxylation sites is 1. The standard InChI is InChI=1S/C11H11NO2/c13-11(14)7-5-9-10(7)6-3-1-2-4-8(6)12-9/h1-4,7,9-10,12H,5H2,(H,13,14)/t7-,9-,10+/m1/s1. The van der Waals surface area contributed by atoms with Gasteiger partial charge in [-0.05, 0) is 18.1 Å². The van der Waals surface area contributed by atoms with Crippen LogP contribution in [-0.2, 0) is 4.79 Å². The molecule has 0 radical (unpaired) electrons. The first-order chi connectivity index (χ1) is 6.77. The topological polar surface area (TPSA) is 49.3 Å². The van der Waals surface area contributed by atoms with Crippen molar-refractivity contribution in [2.24, 2.45) is 5.92 Å². The number of rotatable bonds is 1. The molecule has 3 atom stereocenters. The molecule has 1 heterocycles. The second kappa shape index (κ2) is 2.50. The number of anilines is 1. The molecule has 1 aromatic rings. The second-order valence-electron chi connectivity index (χ2n) is 4.04. The van der Waals surface area contributed by atoms with Crippen molar-refractivity contribution in [2.45, 2.75) is 18.4 Å². The van der Waals surface area contributed by atoms with E-state index < -0.39 is 5.97 Å². The van der Waals surface area contributed by atoms with Gasteiger partial charge in [-0.2, -0.15) is 0 Å². The zero-order chi connectivity index (χ0) is 9.71. The van der Waals surface area contributed by atoms with Crippen LogP contribution in [0.4, 0.5) is 5.69 Å². The molecular formula is C11H11NO2. The van der Waals surface area contributed by atoms with Crippen molar-refractivity contribution in [3.63, 3.8) is 0 Å². The maximum Gasteiger partial charge on any atom is 0.307 e. The van der Waals surface area contributed by atoms with Crippen molar-refractivity contribution in [3.05, 3.63) is 29.8 Å². The quantitative estimate of drug-likeness (QED) is 0.706. The van der Waals surface area contributed by atoms with Crippen LogP contribution in [0.15, 0.2) is 24.3 Å². The molecule has 0 saturated heterocycles. The molecular weight excluding hydrogens is 178 g/mol. The largest absolute Gasteiger partial charge is 0.481 e. The van der Waals surface area contributed by atoms with Crippen molar-refractivity contribution in [1.29, 1.82) is 0 Å². The van der Waals surface area contributed by atoms with Gasteiger partial charge in [-0.1, -0.05) is 18.2 Å². The molecule has 1 aromatic carbocycles. The molecule has 0 aromatic heterocycles. The highest BCUT2D eigenvalue weighted by Gasteiger charge is 2.50. The SMILES string of the molecule is O=C(O)[C@@H]1C[C@H]2Nc3ccccc3[C@H]21. The first-order valence-electron chi connectivity index (χ1n) is 4.85. The van der Waals surface area contributed by atoms with E-state index in [1.165, 1.54) is 5.56 Å². The number of benzene rings is 1. The van der Waals surface area contributed by atoms with Gasteiger partial charge in [0.15, 0.2) is 0 Å². The maximum absolute atomic E-state index is 10.9. The predicted molar refractivity (Wildman–Crippen MR) is 52.3 cm³/mol. The molecule has 0 amide bonds. The predicted octanol–water partition coefficient (Wildman–Crippen LogP) is 1.67. The molecule has 0 unspecified atom stereocenters. The Kier molecular flexibility index (Phi) is 1.40. The van der Waals surface area contributed by atoms with E-state index in [1.54, 1.807) is 0 Å². The Hall–Kier alpha value is -1.51. The highest BCUT2D eigenvalue weighted by molar-refractivity contribution is 5.77. The van der Waals surface area contributed by atoms with Crippen LogP contribution >= 0.6 is 0 Å². The van der Waals surface area contributed by atoms with Crippen LogP contribution in [0.5, 0.6) is 0 Å². The lowest BCUT2D eigenvalue weighted by Crippen LogP contribution is -2.43. The van der Waals surface area contributed by atoms with Crippen LogP contribution in [0.25, 0.3) is 0 Å². The summed E-state index contributed by atoms with van der Waals surface area (Å²) < 4.78 is 0. The second-order valence-corrected chi connectivity index (χ2v) is 4.04. The van der Waals surface area contributed by atoms with Crippen molar-refractivity contribution >= 4 is 11.7 Å². The number of nitrogens with one attached hydrogen (secondary N) is 1. The number of carboxylic acids is 1. The van der Waals surface area contributed by atoms with Gasteiger partial charge in [0.25, 0.3) is 0 Å². The number of hydrogen-bond acceptors (Lipinski definition) is 2. The Balaban J connectivity index is 1.99. The molecule has 0 spiro atoms. The Morgan fingerprint density at radius 2 is 2.21 bits per heavy atom. The molecule has 1 aliphatic carbocycles. The zero-order valence-corrected chi connectivity index (χ0v) is 7.60. The van der Waals surface area contributed by atoms with E-state index in [1.807, 2.05) is 24.3 Å². The van der Waals surface area contributed by atoms with Gasteiger partial charge in [0.05, 0.1) is 5.92 Å². The van der Waals surface area contributed by atoms with Gasteiger partial charge in [-0.3, -0.25) is 4.79 Å². The third-order valence-corrected chi connectivity index (χ3v) is 3.35. The van der Waals surface area contributed by atoms with E-state index in [4.69, 9.17) is 5.11 Å². The molecule has 1 saturated carbocycles. The van der Waals surface area contributed by atoms with Crippen LogP contribution in [0.2, 0.25) is 0 Å². The van der Waals surface area contributed by atoms with E-state index in [2.05, 4.69) is 5.32 Å². The van der Waals surface area contributed by atoms with E-state index in [0.29, 0.717) is 6.04 Å². The lowest BCUT2D eigenvalue weighted by atomic mass is 9.68. The molecule has 3 heteroatoms. The summed E-state index contributed by atoms with van der Waals surface area (Å²) in [7, 11) is 0. The van der Waals surface area contributed by atoms with Crippen LogP contribution in [0.3, 0.4) is 0 Å². The third kappa shape index (κ3) is 0.842. The fraction of sp³-hybridized carbons (Fsp3) is 0.364. The molecule has 3 rings (SSSR count). The number of aliphatic carboxylic acids is 1. The van der Waals surface area contributed by atoms with Gasteiger partial charge in [0.2, 0.25) is 0 Å². The van der Waals surface area contributed by atoms with Gasteiger partial charge in [0, 0.05) is 17.6 Å². The first kappa shape index (κ1) is 7.85. The van der Waals surface area contributed by atoms with Crippen LogP contribution in [0, 0.1) is 5.92 Å². The first-order valence-corrected chi connectivity index (χ1v) is 4.85. The van der Waals surface area contributed by atoms with Crippen LogP contribution in [-0.4, -0.2) is 17.1 Å². The molecule has 1 fully saturated rings. The summed E-state index contributed by atoms with van der Waals surface area (Å²) >= 11 is 0. The monoisotopic (exact) mass is 189 g/mol. The summed E-state index contributed by atoms with van der Waals surface area (Å²) in [4.78, 5) is 10.9. The summed E-state index contributed by atoms with van der Waals surface area (Å²) in [6.45, 7) is 0. The van der Waals surface area contributed by atoms with Gasteiger partial charge >= 0.3 is 5.97 Å². The highest BCUT2D eigenvalue weighted by atomic mass is 16.4. The van der Waals surface area contributed by atoms with E-state index >= 15 is 0 Å². The molecule has 0 bridgehead atoms. The summed E-state index contributed by atoms with van der Waals surface area (Å²) in [5.41, 5.74) is 2.29. The van der Waals surface area contributed by atoms with Crippen molar-refractivity contribution < 1.29 is 9.90 Å². The minimum Gasteiger partial charge on any atom is -0.481 e. The molecule has 3 nitrogen and oxygen atoms in total. The minimum absolute atomic E-state index is 0.184. The zero-order valence-electron chi connectivity index (χ0n) is 7.60. The molecule has 2 aliphatic rings. The average Bonchev–Trinajstić information content (AvgIpc) is 2.38. The van der Waals surface area contributed by atoms with E-state index in [0.717, 1.165) is 12.1 Å². The number of hydrogen-bond donors (Lipinski definition) is 2. The van der Waals surface area contributed by atoms with Crippen molar-refractivity contribution in [3.8, 4) is 0 Å². The van der Waals surface area contributed by atoms with Crippen molar-refractivity contribution in [2.75, 3.05) is 5.32 Å². The van der Waals surface area contributed by atoms with E-state index in [-0.39, 0.29) is 11.8 Å². The summed E-state index contributed by atoms with van der Waals surface area (Å²) in [5.74, 6) is -0.649. The minimum atomic E-state index is -0.662. The van der Waals surface area contributed by atoms with Crippen LogP contribution in [0.1, 0.15) is 17.9 Å². The Labute approximate surface area is 81.8 Å². The maximum atomic E-state index is 10.9. The van der Waals surface area contributed by atoms with Gasteiger partial charge < -0.3 is 10.4 Å². The summed E-state index contributed by atoms with van der Waals surface area (Å²) in [6.07, 6.45) is 0.759. The summed E-state index contributed by atoms with van der Waals surface area (Å²) in [5, 5.41) is 12.3. The molecule has 72 valence electrons. The molecule has 1 aliphatic heterocycles. The molecule has 14 heavy (non-hydrogen) atoms. The molecule has 2 N–H and O–H groups in total. The summed E-state index contributed by atoms with van der Waals surface area (Å²) in [6, 6.07) is 8.36. The lowest BCUT2D eigenvalue weighted by Gasteiger charge is -2.37. The third-order valence-electron chi connectivity index (χ3n) is 3.35. The number of carbonyl (C=O) groups is 1. The van der Waals surface area contributed by atoms with Gasteiger partial charge in [-0.25, -0.2) is 0 Å². The lowest BCUT2D eigenvalue weighted by molar-refractivity contribution is -0.145. The van der Waals surface area contributed by atoms with E-state index in [9.17, 15) is 4.79 Å². The van der Waals surface area contributed by atoms with Crippen molar-refractivity contribution in [1.82, 2.24) is 0 Å². The Morgan fingerprint density at radius 3 is 3.00 bits per heavy atom. The number of fused-ring (bicyclic) bond motifs is 3.